The summed E-state index contributed by atoms with van der Waals surface area (Å²) in [6, 6.07) is 17.5. The third-order valence-corrected chi connectivity index (χ3v) is 4.49. The normalized spacial score (nSPS) is 10.6. The molecule has 0 unspecified atom stereocenters. The highest BCUT2D eigenvalue weighted by Crippen LogP contribution is 2.28. The Bertz CT molecular complexity index is 865. The molecule has 2 N–H and O–H groups in total. The average Bonchev–Trinajstić information content (AvgIpc) is 3.04. The van der Waals surface area contributed by atoms with E-state index in [0.29, 0.717) is 11.3 Å². The van der Waals surface area contributed by atoms with Crippen molar-refractivity contribution in [3.8, 4) is 11.3 Å². The van der Waals surface area contributed by atoms with Crippen LogP contribution in [0.3, 0.4) is 0 Å². The van der Waals surface area contributed by atoms with Gasteiger partial charge in [0.15, 0.2) is 0 Å². The predicted molar refractivity (Wildman–Crippen MR) is 107 cm³/mol. The molecule has 2 aromatic carbocycles. The van der Waals surface area contributed by atoms with Gasteiger partial charge in [-0.25, -0.2) is 0 Å². The first-order chi connectivity index (χ1) is 12.6. The van der Waals surface area contributed by atoms with E-state index in [2.05, 4.69) is 34.3 Å². The number of amides is 1. The molecule has 0 saturated carbocycles. The van der Waals surface area contributed by atoms with Crippen molar-refractivity contribution in [2.75, 3.05) is 23.3 Å². The Morgan fingerprint density at radius 1 is 1.04 bits per heavy atom. The number of carbonyl (C=O) groups excluding carboxylic acids is 1. The minimum atomic E-state index is -0.141. The summed E-state index contributed by atoms with van der Waals surface area (Å²) in [4.78, 5) is 14.9. The Hall–Kier alpha value is -3.08. The second kappa shape index (κ2) is 7.87. The number of aromatic amines is 1. The molecule has 0 fully saturated rings. The fourth-order valence-corrected chi connectivity index (χ4v) is 2.99. The van der Waals surface area contributed by atoms with Gasteiger partial charge in [0.1, 0.15) is 5.69 Å². The molecule has 3 aromatic rings. The summed E-state index contributed by atoms with van der Waals surface area (Å²) < 4.78 is 0. The Balaban J connectivity index is 1.82. The van der Waals surface area contributed by atoms with Gasteiger partial charge in [-0.05, 0) is 45.0 Å². The predicted octanol–water partition coefficient (Wildman–Crippen LogP) is 4.48. The highest BCUT2D eigenvalue weighted by Gasteiger charge is 2.16. The van der Waals surface area contributed by atoms with Crippen molar-refractivity contribution in [3.63, 3.8) is 0 Å². The summed E-state index contributed by atoms with van der Waals surface area (Å²) in [6.07, 6.45) is 0. The van der Waals surface area contributed by atoms with Gasteiger partial charge in [-0.1, -0.05) is 30.3 Å². The van der Waals surface area contributed by atoms with Crippen molar-refractivity contribution in [1.29, 1.82) is 0 Å². The quantitative estimate of drug-likeness (QED) is 0.690. The maximum absolute atomic E-state index is 12.7. The van der Waals surface area contributed by atoms with Gasteiger partial charge in [0.05, 0.1) is 11.4 Å². The lowest BCUT2D eigenvalue weighted by Crippen LogP contribution is -2.21. The van der Waals surface area contributed by atoms with Crippen molar-refractivity contribution in [2.24, 2.45) is 0 Å². The van der Waals surface area contributed by atoms with E-state index in [1.807, 2.05) is 61.5 Å². The number of H-pyrrole nitrogens is 1. The largest absolute Gasteiger partial charge is 0.372 e. The highest BCUT2D eigenvalue weighted by atomic mass is 16.1. The van der Waals surface area contributed by atoms with Crippen LogP contribution in [0.1, 0.15) is 29.9 Å². The lowest BCUT2D eigenvalue weighted by atomic mass is 10.1. The monoisotopic (exact) mass is 348 g/mol. The molecule has 0 radical (unpaired) electrons. The number of hydrogen-bond acceptors (Lipinski definition) is 3. The molecule has 1 heterocycles. The number of nitrogens with zero attached hydrogens (tertiary/aromatic N) is 2. The van der Waals surface area contributed by atoms with E-state index in [0.717, 1.165) is 35.7 Å². The lowest BCUT2D eigenvalue weighted by Gasteiger charge is -2.21. The summed E-state index contributed by atoms with van der Waals surface area (Å²) in [5.74, 6) is -0.141. The first-order valence-electron chi connectivity index (χ1n) is 8.90. The third-order valence-electron chi connectivity index (χ3n) is 4.49. The summed E-state index contributed by atoms with van der Waals surface area (Å²) in [5, 5.41) is 10.3. The zero-order valence-corrected chi connectivity index (χ0v) is 15.4. The minimum Gasteiger partial charge on any atom is -0.372 e. The van der Waals surface area contributed by atoms with Crippen LogP contribution in [0.25, 0.3) is 11.3 Å². The van der Waals surface area contributed by atoms with E-state index >= 15 is 0 Å². The molecule has 3 rings (SSSR count). The molecule has 5 nitrogen and oxygen atoms in total. The Morgan fingerprint density at radius 2 is 1.69 bits per heavy atom. The van der Waals surface area contributed by atoms with Crippen molar-refractivity contribution in [2.45, 2.75) is 20.8 Å². The number of benzene rings is 2. The number of aromatic nitrogens is 2. The van der Waals surface area contributed by atoms with Gasteiger partial charge in [-0.3, -0.25) is 9.89 Å². The molecule has 134 valence electrons. The molecule has 0 aliphatic carbocycles. The smallest absolute Gasteiger partial charge is 0.255 e. The lowest BCUT2D eigenvalue weighted by molar-refractivity contribution is 0.102. The maximum atomic E-state index is 12.7. The topological polar surface area (TPSA) is 61.0 Å². The number of hydrogen-bond donors (Lipinski definition) is 2. The second-order valence-electron chi connectivity index (χ2n) is 6.11. The second-order valence-corrected chi connectivity index (χ2v) is 6.11. The van der Waals surface area contributed by atoms with Crippen LogP contribution in [-0.2, 0) is 0 Å². The van der Waals surface area contributed by atoms with Crippen molar-refractivity contribution < 1.29 is 4.79 Å². The Morgan fingerprint density at radius 3 is 2.31 bits per heavy atom. The molecule has 0 atom stereocenters. The van der Waals surface area contributed by atoms with E-state index in [1.54, 1.807) is 0 Å². The molecule has 26 heavy (non-hydrogen) atoms. The SMILES string of the molecule is CCN(CC)c1ccc(C(=O)Nc2c(-c3ccccc3)n[nH]c2C)cc1. The Kier molecular flexibility index (Phi) is 5.37. The van der Waals surface area contributed by atoms with Crippen LogP contribution in [0.4, 0.5) is 11.4 Å². The van der Waals surface area contributed by atoms with E-state index in [9.17, 15) is 4.79 Å². The van der Waals surface area contributed by atoms with Gasteiger partial charge in [0.2, 0.25) is 0 Å². The Labute approximate surface area is 154 Å². The number of aryl methyl sites for hydroxylation is 1. The molecule has 1 aromatic heterocycles. The van der Waals surface area contributed by atoms with Gasteiger partial charge in [0.25, 0.3) is 5.91 Å². The van der Waals surface area contributed by atoms with Gasteiger partial charge >= 0.3 is 0 Å². The number of nitrogens with one attached hydrogen (secondary N) is 2. The highest BCUT2D eigenvalue weighted by molar-refractivity contribution is 6.06. The minimum absolute atomic E-state index is 0.141. The zero-order valence-electron chi connectivity index (χ0n) is 15.4. The molecule has 0 aliphatic heterocycles. The van der Waals surface area contributed by atoms with Crippen LogP contribution < -0.4 is 10.2 Å². The number of carbonyl (C=O) groups is 1. The first kappa shape index (κ1) is 17.7. The van der Waals surface area contributed by atoms with Crippen LogP contribution in [0.5, 0.6) is 0 Å². The van der Waals surface area contributed by atoms with Gasteiger partial charge in [-0.15, -0.1) is 0 Å². The van der Waals surface area contributed by atoms with Crippen LogP contribution >= 0.6 is 0 Å². The van der Waals surface area contributed by atoms with Gasteiger partial charge < -0.3 is 10.2 Å². The maximum Gasteiger partial charge on any atom is 0.255 e. The fourth-order valence-electron chi connectivity index (χ4n) is 2.99. The van der Waals surface area contributed by atoms with Gasteiger partial charge in [-0.2, -0.15) is 5.10 Å². The van der Waals surface area contributed by atoms with E-state index in [4.69, 9.17) is 0 Å². The molecular weight excluding hydrogens is 324 g/mol. The summed E-state index contributed by atoms with van der Waals surface area (Å²) in [7, 11) is 0. The fraction of sp³-hybridized carbons (Fsp3) is 0.238. The first-order valence-corrected chi connectivity index (χ1v) is 8.90. The standard InChI is InChI=1S/C21H24N4O/c1-4-25(5-2)18-13-11-17(12-14-18)21(26)22-19-15(3)23-24-20(19)16-9-7-6-8-10-16/h6-14H,4-5H2,1-3H3,(H,22,26)(H,23,24). The number of anilines is 2. The molecule has 0 saturated heterocycles. The zero-order chi connectivity index (χ0) is 18.5. The summed E-state index contributed by atoms with van der Waals surface area (Å²) in [6.45, 7) is 8.03. The van der Waals surface area contributed by atoms with Crippen LogP contribution in [0, 0.1) is 6.92 Å². The van der Waals surface area contributed by atoms with Gasteiger partial charge in [0, 0.05) is 29.9 Å². The van der Waals surface area contributed by atoms with Crippen LogP contribution in [0.15, 0.2) is 54.6 Å². The van der Waals surface area contributed by atoms with Crippen molar-refractivity contribution in [3.05, 3.63) is 65.9 Å². The van der Waals surface area contributed by atoms with E-state index in [1.165, 1.54) is 0 Å². The average molecular weight is 348 g/mol. The number of rotatable bonds is 6. The summed E-state index contributed by atoms with van der Waals surface area (Å²) >= 11 is 0. The van der Waals surface area contributed by atoms with Crippen molar-refractivity contribution >= 4 is 17.3 Å². The molecule has 5 heteroatoms. The molecule has 0 aliphatic rings. The molecule has 0 spiro atoms. The van der Waals surface area contributed by atoms with Crippen LogP contribution in [-0.4, -0.2) is 29.2 Å². The van der Waals surface area contributed by atoms with Crippen LogP contribution in [0.2, 0.25) is 0 Å². The van der Waals surface area contributed by atoms with E-state index in [-0.39, 0.29) is 5.91 Å². The molecule has 1 amide bonds. The van der Waals surface area contributed by atoms with E-state index < -0.39 is 0 Å². The van der Waals surface area contributed by atoms with Crippen molar-refractivity contribution in [1.82, 2.24) is 10.2 Å². The molecular formula is C21H24N4O. The third kappa shape index (κ3) is 3.61. The molecule has 0 bridgehead atoms. The summed E-state index contributed by atoms with van der Waals surface area (Å²) in [5.41, 5.74) is 5.00.